The number of nitrogens with one attached hydrogen (secondary N) is 1. The van der Waals surface area contributed by atoms with Gasteiger partial charge in [0.2, 0.25) is 5.91 Å². The van der Waals surface area contributed by atoms with E-state index >= 15 is 0 Å². The second kappa shape index (κ2) is 4.58. The first-order chi connectivity index (χ1) is 6.16. The molecule has 76 valence electrons. The normalized spacial score (nSPS) is 23.2. The van der Waals surface area contributed by atoms with Crippen LogP contribution in [-0.4, -0.2) is 43.8 Å². The Morgan fingerprint density at radius 3 is 2.85 bits per heavy atom. The van der Waals surface area contributed by atoms with Gasteiger partial charge in [-0.15, -0.1) is 0 Å². The fourth-order valence-corrected chi connectivity index (χ4v) is 1.48. The van der Waals surface area contributed by atoms with Crippen molar-refractivity contribution in [2.45, 2.75) is 19.9 Å². The van der Waals surface area contributed by atoms with E-state index in [9.17, 15) is 4.79 Å². The van der Waals surface area contributed by atoms with Gasteiger partial charge >= 0.3 is 0 Å². The highest BCUT2D eigenvalue weighted by molar-refractivity contribution is 5.83. The van der Waals surface area contributed by atoms with Crippen LogP contribution in [0.4, 0.5) is 0 Å². The molecule has 1 heterocycles. The summed E-state index contributed by atoms with van der Waals surface area (Å²) in [4.78, 5) is 13.5. The molecule has 0 bridgehead atoms. The maximum atomic E-state index is 11.7. The molecular formula is C9H18N2O2. The first-order valence-corrected chi connectivity index (χ1v) is 4.68. The van der Waals surface area contributed by atoms with Crippen LogP contribution in [0, 0.1) is 5.92 Å². The van der Waals surface area contributed by atoms with Gasteiger partial charge in [0, 0.05) is 13.7 Å². The first-order valence-electron chi connectivity index (χ1n) is 4.68. The van der Waals surface area contributed by atoms with Crippen LogP contribution in [0.25, 0.3) is 0 Å². The van der Waals surface area contributed by atoms with Gasteiger partial charge in [-0.2, -0.15) is 0 Å². The Morgan fingerprint density at radius 1 is 1.69 bits per heavy atom. The Hall–Kier alpha value is -0.610. The zero-order chi connectivity index (χ0) is 9.84. The number of carbonyl (C=O) groups is 1. The third-order valence-corrected chi connectivity index (χ3v) is 2.31. The lowest BCUT2D eigenvalue weighted by Gasteiger charge is -2.15. The van der Waals surface area contributed by atoms with E-state index in [0.29, 0.717) is 25.7 Å². The Balaban J connectivity index is 2.41. The van der Waals surface area contributed by atoms with Gasteiger partial charge in [0.25, 0.3) is 0 Å². The summed E-state index contributed by atoms with van der Waals surface area (Å²) < 4.78 is 4.93. The number of ether oxygens (including phenoxy) is 1. The number of carbonyl (C=O) groups excluding carboxylic acids is 1. The van der Waals surface area contributed by atoms with Gasteiger partial charge in [-0.3, -0.25) is 10.1 Å². The maximum Gasteiger partial charge on any atom is 0.241 e. The van der Waals surface area contributed by atoms with Crippen molar-refractivity contribution in [3.63, 3.8) is 0 Å². The molecule has 1 unspecified atom stereocenters. The summed E-state index contributed by atoms with van der Waals surface area (Å²) in [5, 5.41) is 3.19. The van der Waals surface area contributed by atoms with Gasteiger partial charge in [0.1, 0.15) is 0 Å². The molecule has 1 aliphatic heterocycles. The minimum absolute atomic E-state index is 0.00291. The molecule has 1 fully saturated rings. The molecule has 0 radical (unpaired) electrons. The van der Waals surface area contributed by atoms with E-state index in [4.69, 9.17) is 4.74 Å². The summed E-state index contributed by atoms with van der Waals surface area (Å²) in [5.74, 6) is 0.562. The summed E-state index contributed by atoms with van der Waals surface area (Å²) in [6.07, 6.45) is 0. The Bertz CT molecular complexity index is 182. The molecule has 0 aromatic rings. The van der Waals surface area contributed by atoms with Crippen LogP contribution in [0.1, 0.15) is 13.8 Å². The number of rotatable bonds is 4. The smallest absolute Gasteiger partial charge is 0.241 e. The first kappa shape index (κ1) is 10.5. The summed E-state index contributed by atoms with van der Waals surface area (Å²) >= 11 is 0. The third-order valence-electron chi connectivity index (χ3n) is 2.31. The zero-order valence-electron chi connectivity index (χ0n) is 8.54. The van der Waals surface area contributed by atoms with Crippen molar-refractivity contribution in [1.29, 1.82) is 0 Å². The second-order valence-electron chi connectivity index (χ2n) is 3.68. The number of nitrogens with zero attached hydrogens (tertiary/aromatic N) is 1. The van der Waals surface area contributed by atoms with Crippen molar-refractivity contribution in [1.82, 2.24) is 10.2 Å². The van der Waals surface area contributed by atoms with Crippen molar-refractivity contribution < 1.29 is 9.53 Å². The van der Waals surface area contributed by atoms with Crippen LogP contribution in [0.2, 0.25) is 0 Å². The predicted octanol–water partition coefficient (Wildman–Crippen LogP) is 0.0467. The molecule has 4 nitrogen and oxygen atoms in total. The van der Waals surface area contributed by atoms with E-state index in [1.807, 2.05) is 0 Å². The summed E-state index contributed by atoms with van der Waals surface area (Å²) in [6.45, 7) is 6.06. The topological polar surface area (TPSA) is 41.6 Å². The Kier molecular flexibility index (Phi) is 3.69. The summed E-state index contributed by atoms with van der Waals surface area (Å²) in [6, 6.07) is -0.00291. The summed E-state index contributed by atoms with van der Waals surface area (Å²) in [7, 11) is 1.65. The largest absolute Gasteiger partial charge is 0.383 e. The number of methoxy groups -OCH3 is 1. The maximum absolute atomic E-state index is 11.7. The minimum Gasteiger partial charge on any atom is -0.383 e. The van der Waals surface area contributed by atoms with Crippen molar-refractivity contribution in [2.75, 3.05) is 26.9 Å². The van der Waals surface area contributed by atoms with Crippen LogP contribution < -0.4 is 5.32 Å². The van der Waals surface area contributed by atoms with Crippen LogP contribution in [0.15, 0.2) is 0 Å². The standard InChI is InChI=1S/C9H18N2O2/c1-7(2)8-9(12)11(6-10-8)4-5-13-3/h7-8,10H,4-6H2,1-3H3. The van der Waals surface area contributed by atoms with E-state index in [1.165, 1.54) is 0 Å². The van der Waals surface area contributed by atoms with Gasteiger partial charge < -0.3 is 9.64 Å². The molecule has 4 heteroatoms. The van der Waals surface area contributed by atoms with Crippen LogP contribution >= 0.6 is 0 Å². The van der Waals surface area contributed by atoms with Gasteiger partial charge in [-0.25, -0.2) is 0 Å². The zero-order valence-corrected chi connectivity index (χ0v) is 8.54. The highest BCUT2D eigenvalue weighted by Gasteiger charge is 2.32. The Morgan fingerprint density at radius 2 is 2.38 bits per heavy atom. The lowest BCUT2D eigenvalue weighted by Crippen LogP contribution is -2.35. The monoisotopic (exact) mass is 186 g/mol. The lowest BCUT2D eigenvalue weighted by molar-refractivity contribution is -0.130. The quantitative estimate of drug-likeness (QED) is 0.674. The van der Waals surface area contributed by atoms with E-state index in [0.717, 1.165) is 0 Å². The molecule has 1 saturated heterocycles. The molecule has 0 aromatic carbocycles. The molecule has 1 rings (SSSR count). The highest BCUT2D eigenvalue weighted by Crippen LogP contribution is 2.11. The van der Waals surface area contributed by atoms with Gasteiger partial charge in [0.05, 0.1) is 19.3 Å². The summed E-state index contributed by atoms with van der Waals surface area (Å²) in [5.41, 5.74) is 0. The number of hydrogen-bond acceptors (Lipinski definition) is 3. The van der Waals surface area contributed by atoms with Crippen molar-refractivity contribution in [2.24, 2.45) is 5.92 Å². The van der Waals surface area contributed by atoms with Crippen molar-refractivity contribution in [3.05, 3.63) is 0 Å². The molecule has 0 aromatic heterocycles. The molecular weight excluding hydrogens is 168 g/mol. The number of hydrogen-bond donors (Lipinski definition) is 1. The van der Waals surface area contributed by atoms with Crippen molar-refractivity contribution in [3.8, 4) is 0 Å². The molecule has 1 aliphatic rings. The van der Waals surface area contributed by atoms with Crippen LogP contribution in [-0.2, 0) is 9.53 Å². The third kappa shape index (κ3) is 2.42. The average molecular weight is 186 g/mol. The fraction of sp³-hybridized carbons (Fsp3) is 0.889. The van der Waals surface area contributed by atoms with Gasteiger partial charge in [0.15, 0.2) is 0 Å². The molecule has 1 N–H and O–H groups in total. The molecule has 0 saturated carbocycles. The van der Waals surface area contributed by atoms with E-state index in [-0.39, 0.29) is 11.9 Å². The molecule has 0 aliphatic carbocycles. The average Bonchev–Trinajstić information content (AvgIpc) is 2.43. The lowest BCUT2D eigenvalue weighted by atomic mass is 10.1. The van der Waals surface area contributed by atoms with Gasteiger partial charge in [-0.05, 0) is 5.92 Å². The van der Waals surface area contributed by atoms with Crippen LogP contribution in [0.5, 0.6) is 0 Å². The molecule has 1 atom stereocenters. The second-order valence-corrected chi connectivity index (χ2v) is 3.68. The van der Waals surface area contributed by atoms with E-state index in [2.05, 4.69) is 19.2 Å². The van der Waals surface area contributed by atoms with Crippen molar-refractivity contribution >= 4 is 5.91 Å². The number of amides is 1. The highest BCUT2D eigenvalue weighted by atomic mass is 16.5. The van der Waals surface area contributed by atoms with Crippen LogP contribution in [0.3, 0.4) is 0 Å². The fourth-order valence-electron chi connectivity index (χ4n) is 1.48. The van der Waals surface area contributed by atoms with E-state index in [1.54, 1.807) is 12.0 Å². The predicted molar refractivity (Wildman–Crippen MR) is 50.2 cm³/mol. The Labute approximate surface area is 79.2 Å². The van der Waals surface area contributed by atoms with E-state index < -0.39 is 0 Å². The minimum atomic E-state index is -0.00291. The molecule has 13 heavy (non-hydrogen) atoms. The van der Waals surface area contributed by atoms with Gasteiger partial charge in [-0.1, -0.05) is 13.8 Å². The SMILES string of the molecule is COCCN1CNC(C(C)C)C1=O. The molecule has 0 spiro atoms. The molecule has 1 amide bonds.